The monoisotopic (exact) mass is 372 g/mol. The van der Waals surface area contributed by atoms with Crippen LogP contribution in [0.1, 0.15) is 29.3 Å². The van der Waals surface area contributed by atoms with Gasteiger partial charge in [0.2, 0.25) is 0 Å². The number of amides is 1. The lowest BCUT2D eigenvalue weighted by molar-refractivity contribution is -0.105. The third-order valence-corrected chi connectivity index (χ3v) is 5.76. The molecule has 0 saturated carbocycles. The van der Waals surface area contributed by atoms with E-state index >= 15 is 0 Å². The summed E-state index contributed by atoms with van der Waals surface area (Å²) in [6, 6.07) is 17.3. The molecule has 0 unspecified atom stereocenters. The zero-order valence-corrected chi connectivity index (χ0v) is 15.3. The lowest BCUT2D eigenvalue weighted by Gasteiger charge is -2.44. The summed E-state index contributed by atoms with van der Waals surface area (Å²) in [5.41, 5.74) is 4.91. The van der Waals surface area contributed by atoms with Crippen molar-refractivity contribution >= 4 is 23.3 Å². The molecule has 28 heavy (non-hydrogen) atoms. The summed E-state index contributed by atoms with van der Waals surface area (Å²) in [5, 5.41) is 1.16. The number of aromatic nitrogens is 1. The van der Waals surface area contributed by atoms with E-state index in [2.05, 4.69) is 11.1 Å². The van der Waals surface area contributed by atoms with Crippen molar-refractivity contribution in [2.45, 2.75) is 31.5 Å². The lowest BCUT2D eigenvalue weighted by Crippen LogP contribution is -2.50. The molecule has 0 radical (unpaired) electrons. The summed E-state index contributed by atoms with van der Waals surface area (Å²) < 4.78 is 5.62. The summed E-state index contributed by atoms with van der Waals surface area (Å²) in [4.78, 5) is 29.9. The number of carbonyl (C=O) groups is 2. The maximum atomic E-state index is 13.0. The number of benzene rings is 2. The van der Waals surface area contributed by atoms with Crippen LogP contribution in [0.2, 0.25) is 0 Å². The zero-order valence-electron chi connectivity index (χ0n) is 15.3. The number of para-hydroxylation sites is 1. The first-order valence-electron chi connectivity index (χ1n) is 9.50. The van der Waals surface area contributed by atoms with Crippen molar-refractivity contribution in [1.82, 2.24) is 9.88 Å². The molecule has 2 aliphatic heterocycles. The Hall–Kier alpha value is -3.34. The number of nitrogens with one attached hydrogen (secondary N) is 1. The molecule has 2 aromatic carbocycles. The van der Waals surface area contributed by atoms with Crippen LogP contribution in [0.4, 0.5) is 4.79 Å². The highest BCUT2D eigenvalue weighted by atomic mass is 16.6. The molecule has 0 spiro atoms. The number of H-pyrrole nitrogens is 1. The van der Waals surface area contributed by atoms with Crippen LogP contribution in [0, 0.1) is 0 Å². The van der Waals surface area contributed by atoms with Gasteiger partial charge in [-0.15, -0.1) is 0 Å². The van der Waals surface area contributed by atoms with Gasteiger partial charge in [0, 0.05) is 22.2 Å². The first kappa shape index (κ1) is 16.8. The lowest BCUT2D eigenvalue weighted by atomic mass is 9.83. The Balaban J connectivity index is 1.49. The first-order chi connectivity index (χ1) is 13.8. The topological polar surface area (TPSA) is 62.4 Å². The fraction of sp³-hybridized carbons (Fsp3) is 0.217. The molecule has 5 heteroatoms. The minimum absolute atomic E-state index is 0.145. The van der Waals surface area contributed by atoms with Crippen LogP contribution < -0.4 is 0 Å². The summed E-state index contributed by atoms with van der Waals surface area (Å²) in [6.07, 6.45) is 3.66. The van der Waals surface area contributed by atoms with E-state index < -0.39 is 0 Å². The second-order valence-electron chi connectivity index (χ2n) is 7.30. The van der Waals surface area contributed by atoms with Crippen LogP contribution >= 0.6 is 0 Å². The highest BCUT2D eigenvalue weighted by molar-refractivity contribution is 5.87. The molecule has 1 aromatic heterocycles. The molecule has 0 fully saturated rings. The van der Waals surface area contributed by atoms with Crippen molar-refractivity contribution in [3.8, 4) is 0 Å². The van der Waals surface area contributed by atoms with Crippen molar-refractivity contribution in [3.63, 3.8) is 0 Å². The summed E-state index contributed by atoms with van der Waals surface area (Å²) in [5.74, 6) is 0. The molecule has 3 aromatic rings. The summed E-state index contributed by atoms with van der Waals surface area (Å²) in [6.45, 7) is 0.218. The van der Waals surface area contributed by atoms with Crippen molar-refractivity contribution in [2.24, 2.45) is 0 Å². The van der Waals surface area contributed by atoms with Gasteiger partial charge < -0.3 is 9.72 Å². The summed E-state index contributed by atoms with van der Waals surface area (Å²) >= 11 is 0. The van der Waals surface area contributed by atoms with Gasteiger partial charge in [0.15, 0.2) is 0 Å². The van der Waals surface area contributed by atoms with E-state index in [4.69, 9.17) is 4.74 Å². The number of hydrogen-bond donors (Lipinski definition) is 1. The standard InChI is InChI=1S/C23H20N2O3/c26-13-16-10-11-20-22-18(17-8-4-5-9-19(17)24-22)12-21(16)25(20)23(27)28-14-15-6-2-1-3-7-15/h1-10,13,20-21,24H,11-12,14H2/t20-,21-/m0/s1. The molecule has 3 heterocycles. The molecule has 2 bridgehead atoms. The van der Waals surface area contributed by atoms with Crippen LogP contribution in [-0.2, 0) is 22.6 Å². The van der Waals surface area contributed by atoms with Gasteiger partial charge >= 0.3 is 6.09 Å². The Morgan fingerprint density at radius 1 is 1.11 bits per heavy atom. The molecule has 2 atom stereocenters. The van der Waals surface area contributed by atoms with Crippen molar-refractivity contribution < 1.29 is 14.3 Å². The van der Waals surface area contributed by atoms with Gasteiger partial charge in [-0.1, -0.05) is 54.6 Å². The predicted molar refractivity (Wildman–Crippen MR) is 106 cm³/mol. The normalized spacial score (nSPS) is 20.4. The fourth-order valence-electron chi connectivity index (χ4n) is 4.44. The third-order valence-electron chi connectivity index (χ3n) is 5.76. The Bertz CT molecular complexity index is 1080. The van der Waals surface area contributed by atoms with Gasteiger partial charge in [-0.05, 0) is 30.0 Å². The maximum Gasteiger partial charge on any atom is 0.411 e. The van der Waals surface area contributed by atoms with E-state index in [-0.39, 0.29) is 24.8 Å². The van der Waals surface area contributed by atoms with Gasteiger partial charge in [-0.2, -0.15) is 0 Å². The summed E-state index contributed by atoms with van der Waals surface area (Å²) in [7, 11) is 0. The van der Waals surface area contributed by atoms with Crippen LogP contribution in [0.25, 0.3) is 10.9 Å². The van der Waals surface area contributed by atoms with Gasteiger partial charge in [-0.25, -0.2) is 4.79 Å². The Morgan fingerprint density at radius 2 is 1.89 bits per heavy atom. The van der Waals surface area contributed by atoms with Crippen LogP contribution in [0.5, 0.6) is 0 Å². The van der Waals surface area contributed by atoms with Gasteiger partial charge in [0.25, 0.3) is 0 Å². The average molecular weight is 372 g/mol. The number of ether oxygens (including phenoxy) is 1. The number of aldehydes is 1. The van der Waals surface area contributed by atoms with Crippen LogP contribution in [0.3, 0.4) is 0 Å². The second kappa shape index (κ2) is 6.68. The molecule has 2 aliphatic rings. The fourth-order valence-corrected chi connectivity index (χ4v) is 4.44. The van der Waals surface area contributed by atoms with Gasteiger partial charge in [0.05, 0.1) is 12.1 Å². The molecular weight excluding hydrogens is 352 g/mol. The molecule has 0 saturated heterocycles. The Labute approximate surface area is 162 Å². The van der Waals surface area contributed by atoms with E-state index in [9.17, 15) is 9.59 Å². The SMILES string of the molecule is O=CC1=CC[C@H]2c3[nH]c4ccccc4c3C[C@@H]1N2C(=O)OCc1ccccc1. The molecule has 0 aliphatic carbocycles. The highest BCUT2D eigenvalue weighted by Crippen LogP contribution is 2.43. The number of aromatic amines is 1. The largest absolute Gasteiger partial charge is 0.445 e. The Morgan fingerprint density at radius 3 is 2.71 bits per heavy atom. The van der Waals surface area contributed by atoms with E-state index in [0.29, 0.717) is 18.4 Å². The maximum absolute atomic E-state index is 13.0. The van der Waals surface area contributed by atoms with Crippen molar-refractivity contribution in [1.29, 1.82) is 0 Å². The van der Waals surface area contributed by atoms with Crippen LogP contribution in [0.15, 0.2) is 66.2 Å². The minimum Gasteiger partial charge on any atom is -0.445 e. The Kier molecular flexibility index (Phi) is 4.01. The van der Waals surface area contributed by atoms with E-state index in [0.717, 1.165) is 28.4 Å². The van der Waals surface area contributed by atoms with E-state index in [1.54, 1.807) is 4.90 Å². The third kappa shape index (κ3) is 2.62. The number of carbonyl (C=O) groups excluding carboxylic acids is 2. The van der Waals surface area contributed by atoms with E-state index in [1.165, 1.54) is 5.56 Å². The molecular formula is C23H20N2O3. The number of rotatable bonds is 3. The number of fused-ring (bicyclic) bond motifs is 6. The minimum atomic E-state index is -0.379. The van der Waals surface area contributed by atoms with Crippen molar-refractivity contribution in [3.05, 3.63) is 83.1 Å². The molecule has 5 rings (SSSR count). The van der Waals surface area contributed by atoms with Gasteiger partial charge in [-0.3, -0.25) is 9.69 Å². The quantitative estimate of drug-likeness (QED) is 0.697. The molecule has 1 amide bonds. The van der Waals surface area contributed by atoms with Gasteiger partial charge in [0.1, 0.15) is 12.9 Å². The molecule has 140 valence electrons. The molecule has 5 nitrogen and oxygen atoms in total. The molecule has 1 N–H and O–H groups in total. The number of hydrogen-bond acceptors (Lipinski definition) is 3. The smallest absolute Gasteiger partial charge is 0.411 e. The highest BCUT2D eigenvalue weighted by Gasteiger charge is 2.43. The van der Waals surface area contributed by atoms with E-state index in [1.807, 2.05) is 54.6 Å². The number of nitrogens with zero attached hydrogens (tertiary/aromatic N) is 1. The zero-order chi connectivity index (χ0) is 19.1. The second-order valence-corrected chi connectivity index (χ2v) is 7.30. The van der Waals surface area contributed by atoms with Crippen molar-refractivity contribution in [2.75, 3.05) is 0 Å². The first-order valence-corrected chi connectivity index (χ1v) is 9.50. The van der Waals surface area contributed by atoms with Crippen LogP contribution in [-0.4, -0.2) is 28.3 Å². The predicted octanol–water partition coefficient (Wildman–Crippen LogP) is 4.30. The average Bonchev–Trinajstić information content (AvgIpc) is 3.11.